The number of hydrogen-bond donors (Lipinski definition) is 1. The SMILES string of the molecule is CC/C=C/C/C=C/C/C=C/C/C=C/C/C=C/C/C=C/CCCOCC1COP(=O)(O)O1. The first-order chi connectivity index (χ1) is 15.1. The molecule has 1 fully saturated rings. The van der Waals surface area contributed by atoms with Crippen LogP contribution in [-0.2, 0) is 18.3 Å². The lowest BCUT2D eigenvalue weighted by molar-refractivity contribution is 0.0566. The standard InChI is InChI=1S/C25H39O5P/c1-2-3-4-5-6-7-8-9-10-11-12-13-14-15-16-17-18-19-20-21-22-28-23-25-24-29-31(26,27)30-25/h3-4,6-7,9-10,12-13,15-16,18-19,25H,2,5,8,11,14,17,20-24H2,1H3,(H,26,27)/b4-3+,7-6+,10-9+,13-12+,16-15+,19-18+. The van der Waals surface area contributed by atoms with Crippen molar-refractivity contribution in [3.8, 4) is 0 Å². The Hall–Kier alpha value is -1.49. The van der Waals surface area contributed by atoms with Crippen LogP contribution in [-0.4, -0.2) is 30.8 Å². The first-order valence-electron chi connectivity index (χ1n) is 11.3. The smallest absolute Gasteiger partial charge is 0.379 e. The molecule has 0 aromatic rings. The van der Waals surface area contributed by atoms with Gasteiger partial charge >= 0.3 is 7.82 Å². The Bertz CT molecular complexity index is 661. The van der Waals surface area contributed by atoms with Crippen molar-refractivity contribution < 1.29 is 23.2 Å². The molecule has 0 radical (unpaired) electrons. The van der Waals surface area contributed by atoms with Crippen LogP contribution in [0.3, 0.4) is 0 Å². The van der Waals surface area contributed by atoms with Crippen molar-refractivity contribution in [2.75, 3.05) is 19.8 Å². The highest BCUT2D eigenvalue weighted by Crippen LogP contribution is 2.49. The normalized spacial score (nSPS) is 22.7. The lowest BCUT2D eigenvalue weighted by atomic mass is 10.2. The molecule has 1 aliphatic heterocycles. The van der Waals surface area contributed by atoms with Crippen molar-refractivity contribution in [3.63, 3.8) is 0 Å². The fourth-order valence-corrected chi connectivity index (χ4v) is 3.58. The predicted molar refractivity (Wildman–Crippen MR) is 129 cm³/mol. The third-order valence-corrected chi connectivity index (χ3v) is 5.31. The zero-order valence-electron chi connectivity index (χ0n) is 18.8. The molecule has 2 atom stereocenters. The number of phosphoric ester groups is 1. The van der Waals surface area contributed by atoms with E-state index >= 15 is 0 Å². The maximum Gasteiger partial charge on any atom is 0.472 e. The van der Waals surface area contributed by atoms with Gasteiger partial charge in [-0.3, -0.25) is 9.05 Å². The summed E-state index contributed by atoms with van der Waals surface area (Å²) >= 11 is 0. The summed E-state index contributed by atoms with van der Waals surface area (Å²) in [5.74, 6) is 0. The summed E-state index contributed by atoms with van der Waals surface area (Å²) in [5.41, 5.74) is 0. The molecular weight excluding hydrogens is 411 g/mol. The second-order valence-corrected chi connectivity index (χ2v) is 8.53. The lowest BCUT2D eigenvalue weighted by Gasteiger charge is -2.07. The molecule has 1 rings (SSSR count). The monoisotopic (exact) mass is 450 g/mol. The highest BCUT2D eigenvalue weighted by Gasteiger charge is 2.35. The lowest BCUT2D eigenvalue weighted by Crippen LogP contribution is -2.17. The van der Waals surface area contributed by atoms with Crippen LogP contribution in [0, 0.1) is 0 Å². The zero-order chi connectivity index (χ0) is 22.5. The molecule has 6 heteroatoms. The topological polar surface area (TPSA) is 65.0 Å². The van der Waals surface area contributed by atoms with Crippen LogP contribution in [0.2, 0.25) is 0 Å². The molecule has 31 heavy (non-hydrogen) atoms. The minimum absolute atomic E-state index is 0.112. The van der Waals surface area contributed by atoms with E-state index < -0.39 is 13.9 Å². The van der Waals surface area contributed by atoms with E-state index in [1.807, 2.05) is 0 Å². The Labute approximate surface area is 188 Å². The summed E-state index contributed by atoms with van der Waals surface area (Å²) in [6, 6.07) is 0. The zero-order valence-corrected chi connectivity index (χ0v) is 19.7. The van der Waals surface area contributed by atoms with Gasteiger partial charge in [-0.1, -0.05) is 79.8 Å². The molecule has 1 aliphatic rings. The van der Waals surface area contributed by atoms with Crippen LogP contribution in [0.4, 0.5) is 0 Å². The molecule has 0 aromatic carbocycles. The Balaban J connectivity index is 1.88. The van der Waals surface area contributed by atoms with Gasteiger partial charge in [0, 0.05) is 6.61 Å². The molecule has 0 aromatic heterocycles. The van der Waals surface area contributed by atoms with E-state index in [1.165, 1.54) is 0 Å². The van der Waals surface area contributed by atoms with Crippen LogP contribution in [0.5, 0.6) is 0 Å². The van der Waals surface area contributed by atoms with Crippen molar-refractivity contribution >= 4 is 7.82 Å². The number of hydrogen-bond acceptors (Lipinski definition) is 4. The second kappa shape index (κ2) is 19.2. The van der Waals surface area contributed by atoms with E-state index in [-0.39, 0.29) is 13.2 Å². The largest absolute Gasteiger partial charge is 0.472 e. The van der Waals surface area contributed by atoms with E-state index in [0.29, 0.717) is 6.61 Å². The molecule has 0 bridgehead atoms. The van der Waals surface area contributed by atoms with Crippen molar-refractivity contribution in [3.05, 3.63) is 72.9 Å². The van der Waals surface area contributed by atoms with Gasteiger partial charge in [0.15, 0.2) is 0 Å². The molecule has 0 aliphatic carbocycles. The van der Waals surface area contributed by atoms with E-state index in [1.54, 1.807) is 0 Å². The average molecular weight is 451 g/mol. The van der Waals surface area contributed by atoms with Gasteiger partial charge in [0.1, 0.15) is 6.10 Å². The number of allylic oxidation sites excluding steroid dienone is 12. The van der Waals surface area contributed by atoms with Gasteiger partial charge in [0.25, 0.3) is 0 Å². The Morgan fingerprint density at radius 2 is 1.32 bits per heavy atom. The molecule has 174 valence electrons. The van der Waals surface area contributed by atoms with E-state index in [4.69, 9.17) is 14.2 Å². The van der Waals surface area contributed by atoms with Gasteiger partial charge in [-0.25, -0.2) is 4.57 Å². The maximum absolute atomic E-state index is 11.1. The molecule has 1 N–H and O–H groups in total. The van der Waals surface area contributed by atoms with E-state index in [9.17, 15) is 4.57 Å². The minimum Gasteiger partial charge on any atom is -0.379 e. The molecular formula is C25H39O5P. The first-order valence-corrected chi connectivity index (χ1v) is 12.8. The van der Waals surface area contributed by atoms with E-state index in [2.05, 4.69) is 84.4 Å². The quantitative estimate of drug-likeness (QED) is 0.147. The Morgan fingerprint density at radius 1 is 0.839 bits per heavy atom. The summed E-state index contributed by atoms with van der Waals surface area (Å²) in [4.78, 5) is 9.07. The molecule has 0 spiro atoms. The van der Waals surface area contributed by atoms with Crippen LogP contribution < -0.4 is 0 Å². The molecule has 0 saturated carbocycles. The summed E-state index contributed by atoms with van der Waals surface area (Å²) in [6.07, 6.45) is 33.7. The second-order valence-electron chi connectivity index (χ2n) is 7.12. The molecule has 1 heterocycles. The third kappa shape index (κ3) is 17.8. The summed E-state index contributed by atoms with van der Waals surface area (Å²) in [5, 5.41) is 0. The highest BCUT2D eigenvalue weighted by molar-refractivity contribution is 7.47. The van der Waals surface area contributed by atoms with E-state index in [0.717, 1.165) is 51.4 Å². The van der Waals surface area contributed by atoms with Gasteiger partial charge in [-0.05, 0) is 51.4 Å². The van der Waals surface area contributed by atoms with Gasteiger partial charge in [-0.15, -0.1) is 0 Å². The average Bonchev–Trinajstić information content (AvgIpc) is 3.10. The maximum atomic E-state index is 11.1. The molecule has 1 saturated heterocycles. The molecule has 0 amide bonds. The van der Waals surface area contributed by atoms with Crippen LogP contribution in [0.1, 0.15) is 58.3 Å². The first kappa shape index (κ1) is 27.5. The fourth-order valence-electron chi connectivity index (χ4n) is 2.66. The van der Waals surface area contributed by atoms with Gasteiger partial charge in [-0.2, -0.15) is 0 Å². The number of ether oxygens (including phenoxy) is 1. The minimum atomic E-state index is -3.81. The van der Waals surface area contributed by atoms with Crippen molar-refractivity contribution in [2.45, 2.75) is 64.4 Å². The Kier molecular flexibility index (Phi) is 17.1. The number of phosphoric acid groups is 1. The predicted octanol–water partition coefficient (Wildman–Crippen LogP) is 7.00. The Morgan fingerprint density at radius 3 is 1.77 bits per heavy atom. The van der Waals surface area contributed by atoms with Gasteiger partial charge in [0.2, 0.25) is 0 Å². The summed E-state index contributed by atoms with van der Waals surface area (Å²) < 4.78 is 26.0. The van der Waals surface area contributed by atoms with Crippen LogP contribution in [0.25, 0.3) is 0 Å². The van der Waals surface area contributed by atoms with Crippen molar-refractivity contribution in [2.24, 2.45) is 0 Å². The van der Waals surface area contributed by atoms with Crippen molar-refractivity contribution in [1.82, 2.24) is 0 Å². The molecule has 5 nitrogen and oxygen atoms in total. The number of unbranched alkanes of at least 4 members (excludes halogenated alkanes) is 1. The summed E-state index contributed by atoms with van der Waals surface area (Å²) in [7, 11) is -3.81. The highest BCUT2D eigenvalue weighted by atomic mass is 31.2. The number of rotatable bonds is 17. The van der Waals surface area contributed by atoms with Crippen LogP contribution >= 0.6 is 7.82 Å². The third-order valence-electron chi connectivity index (χ3n) is 4.27. The molecule has 2 unspecified atom stereocenters. The van der Waals surface area contributed by atoms with Gasteiger partial charge in [0.05, 0.1) is 13.2 Å². The fraction of sp³-hybridized carbons (Fsp3) is 0.520. The van der Waals surface area contributed by atoms with Crippen molar-refractivity contribution in [1.29, 1.82) is 0 Å². The summed E-state index contributed by atoms with van der Waals surface area (Å²) in [6.45, 7) is 3.15. The van der Waals surface area contributed by atoms with Gasteiger partial charge < -0.3 is 9.63 Å². The van der Waals surface area contributed by atoms with Crippen LogP contribution in [0.15, 0.2) is 72.9 Å².